The first-order valence-corrected chi connectivity index (χ1v) is 5.77. The van der Waals surface area contributed by atoms with Crippen molar-refractivity contribution in [3.63, 3.8) is 0 Å². The van der Waals surface area contributed by atoms with Crippen LogP contribution in [0.1, 0.15) is 24.3 Å². The highest BCUT2D eigenvalue weighted by Crippen LogP contribution is 2.46. The lowest BCUT2D eigenvalue weighted by molar-refractivity contribution is -0.143. The van der Waals surface area contributed by atoms with E-state index < -0.39 is 0 Å². The number of nitrogens with zero attached hydrogens (tertiary/aromatic N) is 1. The smallest absolute Gasteiger partial charge is 0.313 e. The van der Waals surface area contributed by atoms with Crippen LogP contribution in [-0.2, 0) is 9.53 Å². The summed E-state index contributed by atoms with van der Waals surface area (Å²) in [5.41, 5.74) is 0.646. The maximum absolute atomic E-state index is 11.7. The Morgan fingerprint density at radius 3 is 2.44 bits per heavy atom. The summed E-state index contributed by atoms with van der Waals surface area (Å²) < 4.78 is 4.80. The molecule has 1 aromatic heterocycles. The monoisotopic (exact) mass is 259 g/mol. The number of carbonyl (C=O) groups is 1. The molecule has 16 heavy (non-hydrogen) atoms. The Hall–Kier alpha value is -0.800. The molecule has 1 aliphatic rings. The van der Waals surface area contributed by atoms with E-state index in [1.54, 1.807) is 0 Å². The Morgan fingerprint density at radius 1 is 1.44 bits per heavy atom. The molecule has 1 atom stereocenters. The Kier molecular flexibility index (Phi) is 3.36. The molecular weight excluding hydrogens is 249 g/mol. The summed E-state index contributed by atoms with van der Waals surface area (Å²) in [7, 11) is 1.38. The van der Waals surface area contributed by atoms with Gasteiger partial charge in [-0.2, -0.15) is 0 Å². The standard InChI is InChI=1S/C11H11Cl2NO2/c1-16-11(15)9(6-2-3-6)10-7(12)4-14-5-8(10)13/h4-6,9H,2-3H2,1H3. The molecule has 0 bridgehead atoms. The van der Waals surface area contributed by atoms with Gasteiger partial charge in [-0.05, 0) is 18.8 Å². The van der Waals surface area contributed by atoms with E-state index in [2.05, 4.69) is 4.98 Å². The third-order valence-electron chi connectivity index (χ3n) is 2.75. The zero-order chi connectivity index (χ0) is 11.7. The second-order valence-corrected chi connectivity index (χ2v) is 4.67. The van der Waals surface area contributed by atoms with E-state index in [0.717, 1.165) is 12.8 Å². The molecule has 86 valence electrons. The number of carbonyl (C=O) groups excluding carboxylic acids is 1. The minimum absolute atomic E-state index is 0.280. The molecule has 1 saturated carbocycles. The van der Waals surface area contributed by atoms with Gasteiger partial charge in [0.1, 0.15) is 0 Å². The van der Waals surface area contributed by atoms with Crippen molar-refractivity contribution in [3.8, 4) is 0 Å². The highest BCUT2D eigenvalue weighted by molar-refractivity contribution is 6.36. The molecule has 0 spiro atoms. The van der Waals surface area contributed by atoms with Crippen molar-refractivity contribution in [2.24, 2.45) is 5.92 Å². The van der Waals surface area contributed by atoms with Gasteiger partial charge in [-0.25, -0.2) is 0 Å². The van der Waals surface area contributed by atoms with Crippen LogP contribution in [0, 0.1) is 5.92 Å². The van der Waals surface area contributed by atoms with Gasteiger partial charge in [-0.15, -0.1) is 0 Å². The number of hydrogen-bond donors (Lipinski definition) is 0. The van der Waals surface area contributed by atoms with Gasteiger partial charge >= 0.3 is 5.97 Å². The third kappa shape index (κ3) is 2.15. The summed E-state index contributed by atoms with van der Waals surface area (Å²) >= 11 is 12.1. The Bertz CT molecular complexity index is 398. The van der Waals surface area contributed by atoms with Gasteiger partial charge in [0.2, 0.25) is 0 Å². The molecule has 0 amide bonds. The van der Waals surface area contributed by atoms with Crippen LogP contribution in [0.3, 0.4) is 0 Å². The quantitative estimate of drug-likeness (QED) is 0.784. The number of pyridine rings is 1. The summed E-state index contributed by atoms with van der Waals surface area (Å²) in [6.07, 6.45) is 5.02. The van der Waals surface area contributed by atoms with Crippen molar-refractivity contribution in [2.75, 3.05) is 7.11 Å². The fourth-order valence-electron chi connectivity index (χ4n) is 1.82. The van der Waals surface area contributed by atoms with E-state index in [1.165, 1.54) is 19.5 Å². The van der Waals surface area contributed by atoms with Gasteiger partial charge in [-0.3, -0.25) is 9.78 Å². The van der Waals surface area contributed by atoms with Crippen LogP contribution in [0.5, 0.6) is 0 Å². The minimum Gasteiger partial charge on any atom is -0.469 e. The number of esters is 1. The summed E-state index contributed by atoms with van der Waals surface area (Å²) in [6, 6.07) is 0. The molecule has 1 aromatic rings. The first kappa shape index (κ1) is 11.7. The van der Waals surface area contributed by atoms with Crippen LogP contribution < -0.4 is 0 Å². The lowest BCUT2D eigenvalue weighted by Gasteiger charge is -2.16. The van der Waals surface area contributed by atoms with Crippen molar-refractivity contribution in [3.05, 3.63) is 28.0 Å². The van der Waals surface area contributed by atoms with E-state index in [1.807, 2.05) is 0 Å². The minimum atomic E-state index is -0.354. The van der Waals surface area contributed by atoms with Crippen LogP contribution in [0.15, 0.2) is 12.4 Å². The molecule has 0 N–H and O–H groups in total. The molecule has 0 saturated heterocycles. The molecule has 2 rings (SSSR count). The van der Waals surface area contributed by atoms with Crippen molar-refractivity contribution in [2.45, 2.75) is 18.8 Å². The number of methoxy groups -OCH3 is 1. The molecule has 0 radical (unpaired) electrons. The van der Waals surface area contributed by atoms with E-state index in [9.17, 15) is 4.79 Å². The predicted octanol–water partition coefficient (Wildman–Crippen LogP) is 3.06. The van der Waals surface area contributed by atoms with Gasteiger partial charge < -0.3 is 4.74 Å². The van der Waals surface area contributed by atoms with Crippen LogP contribution in [-0.4, -0.2) is 18.1 Å². The molecule has 5 heteroatoms. The van der Waals surface area contributed by atoms with Gasteiger partial charge in [0.15, 0.2) is 0 Å². The van der Waals surface area contributed by atoms with Gasteiger partial charge in [-0.1, -0.05) is 23.2 Å². The highest BCUT2D eigenvalue weighted by Gasteiger charge is 2.40. The predicted molar refractivity (Wildman–Crippen MR) is 61.7 cm³/mol. The summed E-state index contributed by atoms with van der Waals surface area (Å²) in [5, 5.41) is 0.851. The molecule has 1 aliphatic carbocycles. The fourth-order valence-corrected chi connectivity index (χ4v) is 2.42. The molecular formula is C11H11Cl2NO2. The zero-order valence-electron chi connectivity index (χ0n) is 8.74. The number of aromatic nitrogens is 1. The Morgan fingerprint density at radius 2 is 2.00 bits per heavy atom. The van der Waals surface area contributed by atoms with Crippen LogP contribution in [0.2, 0.25) is 10.0 Å². The molecule has 1 unspecified atom stereocenters. The van der Waals surface area contributed by atoms with Crippen LogP contribution >= 0.6 is 23.2 Å². The van der Waals surface area contributed by atoms with Crippen molar-refractivity contribution < 1.29 is 9.53 Å². The number of hydrogen-bond acceptors (Lipinski definition) is 3. The lowest BCUT2D eigenvalue weighted by atomic mass is 9.95. The first-order valence-electron chi connectivity index (χ1n) is 5.02. The maximum atomic E-state index is 11.7. The van der Waals surface area contributed by atoms with Crippen LogP contribution in [0.25, 0.3) is 0 Å². The topological polar surface area (TPSA) is 39.2 Å². The SMILES string of the molecule is COC(=O)C(c1c(Cl)cncc1Cl)C1CC1. The van der Waals surface area contributed by atoms with Crippen LogP contribution in [0.4, 0.5) is 0 Å². The highest BCUT2D eigenvalue weighted by atomic mass is 35.5. The third-order valence-corrected chi connectivity index (χ3v) is 3.35. The average Bonchev–Trinajstić information content (AvgIpc) is 3.06. The number of ether oxygens (including phenoxy) is 1. The summed E-state index contributed by atoms with van der Waals surface area (Å²) in [6.45, 7) is 0. The van der Waals surface area contributed by atoms with Gasteiger partial charge in [0.25, 0.3) is 0 Å². The van der Waals surface area contributed by atoms with E-state index in [4.69, 9.17) is 27.9 Å². The van der Waals surface area contributed by atoms with Gasteiger partial charge in [0.05, 0.1) is 23.1 Å². The second-order valence-electron chi connectivity index (χ2n) is 3.86. The van der Waals surface area contributed by atoms with E-state index in [-0.39, 0.29) is 11.9 Å². The van der Waals surface area contributed by atoms with Crippen molar-refractivity contribution in [1.29, 1.82) is 0 Å². The number of halogens is 2. The lowest BCUT2D eigenvalue weighted by Crippen LogP contribution is -2.17. The Balaban J connectivity index is 2.42. The average molecular weight is 260 g/mol. The molecule has 1 heterocycles. The first-order chi connectivity index (χ1) is 7.65. The molecule has 0 aromatic carbocycles. The van der Waals surface area contributed by atoms with Crippen molar-refractivity contribution >= 4 is 29.2 Å². The maximum Gasteiger partial charge on any atom is 0.313 e. The number of rotatable bonds is 3. The largest absolute Gasteiger partial charge is 0.469 e. The second kappa shape index (κ2) is 4.60. The molecule has 3 nitrogen and oxygen atoms in total. The van der Waals surface area contributed by atoms with E-state index in [0.29, 0.717) is 21.5 Å². The summed E-state index contributed by atoms with van der Waals surface area (Å²) in [4.78, 5) is 15.6. The van der Waals surface area contributed by atoms with Gasteiger partial charge in [0, 0.05) is 18.0 Å². The zero-order valence-corrected chi connectivity index (χ0v) is 10.3. The van der Waals surface area contributed by atoms with E-state index >= 15 is 0 Å². The molecule has 0 aliphatic heterocycles. The normalized spacial score (nSPS) is 16.9. The fraction of sp³-hybridized carbons (Fsp3) is 0.455. The van der Waals surface area contributed by atoms with Crippen molar-refractivity contribution in [1.82, 2.24) is 4.98 Å². The summed E-state index contributed by atoms with van der Waals surface area (Å²) in [5.74, 6) is -0.338. The Labute approximate surface area is 104 Å². The molecule has 1 fully saturated rings.